The Hall–Kier alpha value is -2.49. The summed E-state index contributed by atoms with van der Waals surface area (Å²) in [6.07, 6.45) is 1.56. The first-order valence-electron chi connectivity index (χ1n) is 7.61. The van der Waals surface area contributed by atoms with E-state index in [0.717, 1.165) is 41.0 Å². The highest BCUT2D eigenvalue weighted by atomic mass is 16.5. The van der Waals surface area contributed by atoms with Crippen LogP contribution in [-0.2, 0) is 6.42 Å². The van der Waals surface area contributed by atoms with Crippen LogP contribution in [0.4, 0.5) is 0 Å². The van der Waals surface area contributed by atoms with Crippen molar-refractivity contribution < 1.29 is 19.0 Å². The molecule has 1 aliphatic carbocycles. The molecule has 0 heterocycles. The van der Waals surface area contributed by atoms with Crippen molar-refractivity contribution in [3.05, 3.63) is 53.1 Å². The van der Waals surface area contributed by atoms with E-state index in [2.05, 4.69) is 0 Å². The van der Waals surface area contributed by atoms with Crippen LogP contribution in [0.15, 0.2) is 36.4 Å². The summed E-state index contributed by atoms with van der Waals surface area (Å²) >= 11 is 0. The number of rotatable bonds is 4. The second kappa shape index (κ2) is 6.32. The van der Waals surface area contributed by atoms with Crippen molar-refractivity contribution in [2.75, 3.05) is 21.3 Å². The highest BCUT2D eigenvalue weighted by Crippen LogP contribution is 2.40. The summed E-state index contributed by atoms with van der Waals surface area (Å²) in [5.41, 5.74) is 2.66. The van der Waals surface area contributed by atoms with Crippen molar-refractivity contribution in [1.29, 1.82) is 0 Å². The molecular formula is C19H20O4. The van der Waals surface area contributed by atoms with Gasteiger partial charge in [0.05, 0.1) is 27.2 Å². The van der Waals surface area contributed by atoms with Crippen LogP contribution in [0.2, 0.25) is 0 Å². The number of hydrogen-bond donors (Lipinski definition) is 0. The van der Waals surface area contributed by atoms with E-state index in [-0.39, 0.29) is 11.7 Å². The van der Waals surface area contributed by atoms with Crippen molar-refractivity contribution >= 4 is 5.78 Å². The standard InChI is InChI=1S/C19H20O4/c1-21-12-7-8-14(18(11-12)23-3)16-10-9-13-15(19(16)20)5-4-6-17(13)22-2/h4-8,11,16H,9-10H2,1-3H3. The van der Waals surface area contributed by atoms with E-state index >= 15 is 0 Å². The molecule has 0 spiro atoms. The fourth-order valence-electron chi connectivity index (χ4n) is 3.26. The number of benzene rings is 2. The Bertz CT molecular complexity index is 736. The van der Waals surface area contributed by atoms with Gasteiger partial charge in [-0.1, -0.05) is 18.2 Å². The molecule has 0 bridgehead atoms. The summed E-state index contributed by atoms with van der Waals surface area (Å²) in [4.78, 5) is 13.0. The predicted octanol–water partition coefficient (Wildman–Crippen LogP) is 3.63. The molecule has 4 nitrogen and oxygen atoms in total. The lowest BCUT2D eigenvalue weighted by Crippen LogP contribution is -2.22. The summed E-state index contributed by atoms with van der Waals surface area (Å²) in [6.45, 7) is 0. The van der Waals surface area contributed by atoms with Crippen LogP contribution in [0.3, 0.4) is 0 Å². The first-order valence-corrected chi connectivity index (χ1v) is 7.61. The molecule has 1 unspecified atom stereocenters. The molecule has 1 atom stereocenters. The molecule has 0 radical (unpaired) electrons. The average Bonchev–Trinajstić information content (AvgIpc) is 2.61. The molecule has 2 aromatic rings. The molecular weight excluding hydrogens is 292 g/mol. The zero-order chi connectivity index (χ0) is 16.4. The van der Waals surface area contributed by atoms with Gasteiger partial charge in [-0.15, -0.1) is 0 Å². The Kier molecular flexibility index (Phi) is 4.24. The van der Waals surface area contributed by atoms with Crippen LogP contribution < -0.4 is 14.2 Å². The summed E-state index contributed by atoms with van der Waals surface area (Å²) in [7, 11) is 4.87. The Labute approximate surface area is 136 Å². The number of Topliss-reactive ketones (excluding diaryl/α,β-unsaturated/α-hetero) is 1. The zero-order valence-electron chi connectivity index (χ0n) is 13.6. The maximum Gasteiger partial charge on any atom is 0.170 e. The second-order valence-electron chi connectivity index (χ2n) is 5.55. The highest BCUT2D eigenvalue weighted by Gasteiger charge is 2.32. The first kappa shape index (κ1) is 15.4. The van der Waals surface area contributed by atoms with Gasteiger partial charge in [-0.25, -0.2) is 0 Å². The van der Waals surface area contributed by atoms with Crippen LogP contribution in [0, 0.1) is 0 Å². The molecule has 0 amide bonds. The highest BCUT2D eigenvalue weighted by molar-refractivity contribution is 6.04. The van der Waals surface area contributed by atoms with Crippen molar-refractivity contribution in [3.8, 4) is 17.2 Å². The van der Waals surface area contributed by atoms with Gasteiger partial charge in [-0.05, 0) is 25.0 Å². The topological polar surface area (TPSA) is 44.8 Å². The molecule has 4 heteroatoms. The largest absolute Gasteiger partial charge is 0.497 e. The molecule has 3 rings (SSSR count). The van der Waals surface area contributed by atoms with E-state index in [9.17, 15) is 4.79 Å². The van der Waals surface area contributed by atoms with E-state index in [1.54, 1.807) is 21.3 Å². The molecule has 0 aromatic heterocycles. The van der Waals surface area contributed by atoms with E-state index < -0.39 is 0 Å². The fraction of sp³-hybridized carbons (Fsp3) is 0.316. The monoisotopic (exact) mass is 312 g/mol. The van der Waals surface area contributed by atoms with Gasteiger partial charge in [0.1, 0.15) is 17.2 Å². The third-order valence-electron chi connectivity index (χ3n) is 4.43. The van der Waals surface area contributed by atoms with Gasteiger partial charge in [0.15, 0.2) is 5.78 Å². The van der Waals surface area contributed by atoms with Crippen molar-refractivity contribution in [3.63, 3.8) is 0 Å². The van der Waals surface area contributed by atoms with Crippen LogP contribution in [0.25, 0.3) is 0 Å². The lowest BCUT2D eigenvalue weighted by Gasteiger charge is -2.26. The lowest BCUT2D eigenvalue weighted by atomic mass is 9.78. The minimum Gasteiger partial charge on any atom is -0.497 e. The number of methoxy groups -OCH3 is 3. The van der Waals surface area contributed by atoms with Gasteiger partial charge in [0.2, 0.25) is 0 Å². The van der Waals surface area contributed by atoms with Crippen LogP contribution in [0.1, 0.15) is 33.8 Å². The smallest absolute Gasteiger partial charge is 0.170 e. The molecule has 0 fully saturated rings. The van der Waals surface area contributed by atoms with Crippen LogP contribution >= 0.6 is 0 Å². The maximum atomic E-state index is 13.0. The Morgan fingerprint density at radius 3 is 2.43 bits per heavy atom. The van der Waals surface area contributed by atoms with E-state index in [1.807, 2.05) is 36.4 Å². The zero-order valence-corrected chi connectivity index (χ0v) is 13.6. The SMILES string of the molecule is COc1ccc(C2CCc3c(OC)cccc3C2=O)c(OC)c1. The molecule has 23 heavy (non-hydrogen) atoms. The minimum atomic E-state index is -0.199. The Morgan fingerprint density at radius 1 is 0.957 bits per heavy atom. The van der Waals surface area contributed by atoms with Gasteiger partial charge in [-0.3, -0.25) is 4.79 Å². The maximum absolute atomic E-state index is 13.0. The van der Waals surface area contributed by atoms with Gasteiger partial charge < -0.3 is 14.2 Å². The summed E-state index contributed by atoms with van der Waals surface area (Å²) in [6, 6.07) is 11.3. The number of ketones is 1. The van der Waals surface area contributed by atoms with Crippen molar-refractivity contribution in [1.82, 2.24) is 0 Å². The number of carbonyl (C=O) groups excluding carboxylic acids is 1. The average molecular weight is 312 g/mol. The van der Waals surface area contributed by atoms with Gasteiger partial charge in [0.25, 0.3) is 0 Å². The third kappa shape index (κ3) is 2.65. The predicted molar refractivity (Wildman–Crippen MR) is 87.9 cm³/mol. The molecule has 0 saturated carbocycles. The number of hydrogen-bond acceptors (Lipinski definition) is 4. The Morgan fingerprint density at radius 2 is 1.74 bits per heavy atom. The molecule has 0 N–H and O–H groups in total. The molecule has 0 aliphatic heterocycles. The molecule has 120 valence electrons. The lowest BCUT2D eigenvalue weighted by molar-refractivity contribution is 0.0943. The quantitative estimate of drug-likeness (QED) is 0.865. The van der Waals surface area contributed by atoms with E-state index in [0.29, 0.717) is 5.75 Å². The molecule has 1 aliphatic rings. The third-order valence-corrected chi connectivity index (χ3v) is 4.43. The van der Waals surface area contributed by atoms with Gasteiger partial charge >= 0.3 is 0 Å². The summed E-state index contributed by atoms with van der Waals surface area (Å²) in [5, 5.41) is 0. The number of carbonyl (C=O) groups is 1. The van der Waals surface area contributed by atoms with Gasteiger partial charge in [0, 0.05) is 22.8 Å². The van der Waals surface area contributed by atoms with E-state index in [4.69, 9.17) is 14.2 Å². The summed E-state index contributed by atoms with van der Waals surface area (Å²) < 4.78 is 16.1. The number of fused-ring (bicyclic) bond motifs is 1. The van der Waals surface area contributed by atoms with Crippen LogP contribution in [-0.4, -0.2) is 27.1 Å². The normalized spacial score (nSPS) is 16.7. The van der Waals surface area contributed by atoms with Crippen LogP contribution in [0.5, 0.6) is 17.2 Å². The second-order valence-corrected chi connectivity index (χ2v) is 5.55. The number of ether oxygens (including phenoxy) is 3. The first-order chi connectivity index (χ1) is 11.2. The van der Waals surface area contributed by atoms with Crippen molar-refractivity contribution in [2.45, 2.75) is 18.8 Å². The Balaban J connectivity index is 2.01. The minimum absolute atomic E-state index is 0.119. The van der Waals surface area contributed by atoms with E-state index in [1.165, 1.54) is 0 Å². The van der Waals surface area contributed by atoms with Gasteiger partial charge in [-0.2, -0.15) is 0 Å². The molecule has 2 aromatic carbocycles. The summed E-state index contributed by atoms with van der Waals surface area (Å²) in [5.74, 6) is 2.12. The molecule has 0 saturated heterocycles. The van der Waals surface area contributed by atoms with Crippen molar-refractivity contribution in [2.24, 2.45) is 0 Å². The fourth-order valence-corrected chi connectivity index (χ4v) is 3.26.